The minimum Gasteiger partial charge on any atom is -0.361 e. The Morgan fingerprint density at radius 3 is 2.08 bits per heavy atom. The van der Waals surface area contributed by atoms with Crippen LogP contribution in [-0.2, 0) is 30.7 Å². The minimum atomic E-state index is -0.574. The molecule has 3 aromatic heterocycles. The first kappa shape index (κ1) is 32.5. The first-order valence-corrected chi connectivity index (χ1v) is 18.5. The summed E-state index contributed by atoms with van der Waals surface area (Å²) in [7, 11) is 0. The maximum absolute atomic E-state index is 5.01. The predicted octanol–water partition coefficient (Wildman–Crippen LogP) is 9.62. The van der Waals surface area contributed by atoms with Crippen molar-refractivity contribution in [3.8, 4) is 0 Å². The molecular weight excluding hydrogens is 645 g/mol. The third-order valence-corrected chi connectivity index (χ3v) is 10.7. The summed E-state index contributed by atoms with van der Waals surface area (Å²) in [5.74, 6) is 1.82. The molecule has 0 spiro atoms. The molecule has 0 radical (unpaired) electrons. The van der Waals surface area contributed by atoms with E-state index in [1.54, 1.807) is 11.8 Å². The van der Waals surface area contributed by atoms with Gasteiger partial charge in [-0.25, -0.2) is 4.98 Å². The molecule has 1 N–H and O–H groups in total. The van der Waals surface area contributed by atoms with Gasteiger partial charge in [-0.2, -0.15) is 0 Å². The van der Waals surface area contributed by atoms with E-state index in [1.807, 2.05) is 6.33 Å². The van der Waals surface area contributed by atoms with Gasteiger partial charge in [0.25, 0.3) is 0 Å². The molecule has 0 bridgehead atoms. The number of para-hydroxylation sites is 1. The van der Waals surface area contributed by atoms with Crippen LogP contribution in [0.2, 0.25) is 0 Å². The van der Waals surface area contributed by atoms with E-state index in [4.69, 9.17) is 15.2 Å². The largest absolute Gasteiger partial charge is 0.361 e. The first-order chi connectivity index (χ1) is 25.2. The number of aromatic nitrogens is 6. The Hall–Kier alpha value is -5.66. The van der Waals surface area contributed by atoms with Crippen LogP contribution in [-0.4, -0.2) is 29.3 Å². The number of benzene rings is 5. The molecule has 6 nitrogen and oxygen atoms in total. The normalized spacial score (nSPS) is 11.7. The summed E-state index contributed by atoms with van der Waals surface area (Å²) in [6.45, 7) is 2.94. The van der Waals surface area contributed by atoms with Gasteiger partial charge in [0.05, 0.1) is 12.0 Å². The van der Waals surface area contributed by atoms with E-state index < -0.39 is 5.54 Å². The SMILES string of the molecule is Cc1cccc(CSc2nnc(Cc3c[nH]c4ccccc34)n2CCCc2cn(C(c3ccccc3)(c3ccccc3)c3ccccc3)cn2)c1. The molecule has 3 heterocycles. The second kappa shape index (κ2) is 14.7. The maximum Gasteiger partial charge on any atom is 0.191 e. The number of hydrogen-bond acceptors (Lipinski definition) is 4. The first-order valence-electron chi connectivity index (χ1n) is 17.5. The topological polar surface area (TPSA) is 64.3 Å². The maximum atomic E-state index is 5.01. The van der Waals surface area contributed by atoms with Crippen molar-refractivity contribution in [1.29, 1.82) is 0 Å². The molecule has 5 aromatic carbocycles. The lowest BCUT2D eigenvalue weighted by molar-refractivity contribution is 0.513. The molecule has 0 saturated carbocycles. The number of fused-ring (bicyclic) bond motifs is 1. The molecular formula is C44H40N6S. The Labute approximate surface area is 303 Å². The van der Waals surface area contributed by atoms with Gasteiger partial charge in [-0.15, -0.1) is 10.2 Å². The van der Waals surface area contributed by atoms with Crippen LogP contribution in [0.4, 0.5) is 0 Å². The Balaban J connectivity index is 1.09. The number of aromatic amines is 1. The van der Waals surface area contributed by atoms with Gasteiger partial charge in [0.1, 0.15) is 11.4 Å². The number of imidazole rings is 1. The average Bonchev–Trinajstić information content (AvgIpc) is 3.92. The van der Waals surface area contributed by atoms with Crippen molar-refractivity contribution < 1.29 is 0 Å². The fourth-order valence-electron chi connectivity index (χ4n) is 7.26. The molecule has 0 fully saturated rings. The number of H-pyrrole nitrogens is 1. The minimum absolute atomic E-state index is 0.574. The van der Waals surface area contributed by atoms with Crippen LogP contribution in [0.1, 0.15) is 51.3 Å². The Morgan fingerprint density at radius 1 is 0.725 bits per heavy atom. The van der Waals surface area contributed by atoms with Gasteiger partial charge >= 0.3 is 0 Å². The third-order valence-electron chi connectivity index (χ3n) is 9.68. The lowest BCUT2D eigenvalue weighted by atomic mass is 9.77. The summed E-state index contributed by atoms with van der Waals surface area (Å²) in [6, 6.07) is 49.4. The highest BCUT2D eigenvalue weighted by atomic mass is 32.2. The lowest BCUT2D eigenvalue weighted by Gasteiger charge is -2.37. The van der Waals surface area contributed by atoms with E-state index in [9.17, 15) is 0 Å². The van der Waals surface area contributed by atoms with Gasteiger partial charge in [-0.05, 0) is 53.6 Å². The number of thioether (sulfide) groups is 1. The molecule has 0 aliphatic heterocycles. The number of aryl methyl sites for hydroxylation is 2. The van der Waals surface area contributed by atoms with Crippen molar-refractivity contribution in [2.45, 2.75) is 49.2 Å². The third kappa shape index (κ3) is 6.65. The number of nitrogens with zero attached hydrogens (tertiary/aromatic N) is 5. The summed E-state index contributed by atoms with van der Waals surface area (Å²) in [4.78, 5) is 8.44. The van der Waals surface area contributed by atoms with Crippen LogP contribution in [0.3, 0.4) is 0 Å². The number of nitrogens with one attached hydrogen (secondary N) is 1. The van der Waals surface area contributed by atoms with Gasteiger partial charge in [-0.3, -0.25) is 0 Å². The fourth-order valence-corrected chi connectivity index (χ4v) is 8.19. The van der Waals surface area contributed by atoms with E-state index in [0.29, 0.717) is 6.42 Å². The predicted molar refractivity (Wildman–Crippen MR) is 207 cm³/mol. The van der Waals surface area contributed by atoms with Gasteiger partial charge in [0, 0.05) is 42.0 Å². The number of hydrogen-bond donors (Lipinski definition) is 1. The highest BCUT2D eigenvalue weighted by molar-refractivity contribution is 7.98. The smallest absolute Gasteiger partial charge is 0.191 e. The molecule has 252 valence electrons. The summed E-state index contributed by atoms with van der Waals surface area (Å²) in [5, 5.41) is 11.7. The second-order valence-electron chi connectivity index (χ2n) is 13.0. The zero-order valence-corrected chi connectivity index (χ0v) is 29.5. The Morgan fingerprint density at radius 2 is 1.39 bits per heavy atom. The zero-order chi connectivity index (χ0) is 34.5. The molecule has 8 rings (SSSR count). The molecule has 0 amide bonds. The zero-order valence-electron chi connectivity index (χ0n) is 28.7. The molecule has 0 aliphatic rings. The van der Waals surface area contributed by atoms with Crippen LogP contribution in [0, 0.1) is 6.92 Å². The van der Waals surface area contributed by atoms with Crippen LogP contribution < -0.4 is 0 Å². The van der Waals surface area contributed by atoms with Gasteiger partial charge in [-0.1, -0.05) is 151 Å². The highest BCUT2D eigenvalue weighted by Crippen LogP contribution is 2.41. The van der Waals surface area contributed by atoms with Crippen molar-refractivity contribution in [1.82, 2.24) is 29.3 Å². The van der Waals surface area contributed by atoms with E-state index in [2.05, 4.69) is 173 Å². The van der Waals surface area contributed by atoms with Crippen molar-refractivity contribution in [2.24, 2.45) is 0 Å². The summed E-state index contributed by atoms with van der Waals surface area (Å²) < 4.78 is 4.62. The van der Waals surface area contributed by atoms with Gasteiger partial charge < -0.3 is 14.1 Å². The van der Waals surface area contributed by atoms with Crippen LogP contribution in [0.15, 0.2) is 163 Å². The highest BCUT2D eigenvalue weighted by Gasteiger charge is 2.38. The quantitative estimate of drug-likeness (QED) is 0.0971. The summed E-state index contributed by atoms with van der Waals surface area (Å²) >= 11 is 1.75. The lowest BCUT2D eigenvalue weighted by Crippen LogP contribution is -2.36. The van der Waals surface area contributed by atoms with Crippen LogP contribution in [0.5, 0.6) is 0 Å². The standard InChI is InChI=1S/C44H40N6S/c1-33-15-13-16-34(27-33)31-51-43-48-47-42(28-35-29-45-41-25-12-11-24-40(35)41)50(43)26-14-23-39-30-49(32-46-39)44(36-17-5-2-6-18-36,37-19-7-3-8-20-37)38-21-9-4-10-22-38/h2-13,15-22,24-25,27,29-30,32,45H,14,23,26,28,31H2,1H3. The van der Waals surface area contributed by atoms with Crippen LogP contribution >= 0.6 is 11.8 Å². The van der Waals surface area contributed by atoms with Crippen LogP contribution in [0.25, 0.3) is 10.9 Å². The molecule has 0 unspecified atom stereocenters. The summed E-state index contributed by atoms with van der Waals surface area (Å²) in [5.41, 5.74) is 8.97. The van der Waals surface area contributed by atoms with Gasteiger partial charge in [0.15, 0.2) is 5.16 Å². The van der Waals surface area contributed by atoms with E-state index in [-0.39, 0.29) is 0 Å². The molecule has 7 heteroatoms. The molecule has 0 aliphatic carbocycles. The number of rotatable bonds is 13. The molecule has 0 saturated heterocycles. The Kier molecular flexibility index (Phi) is 9.36. The Bertz CT molecular complexity index is 2240. The van der Waals surface area contributed by atoms with E-state index in [1.165, 1.54) is 38.8 Å². The summed E-state index contributed by atoms with van der Waals surface area (Å²) in [6.07, 6.45) is 8.79. The molecule has 51 heavy (non-hydrogen) atoms. The van der Waals surface area contributed by atoms with Crippen molar-refractivity contribution >= 4 is 22.7 Å². The molecule has 8 aromatic rings. The average molecular weight is 685 g/mol. The van der Waals surface area contributed by atoms with Gasteiger partial charge in [0.2, 0.25) is 0 Å². The second-order valence-corrected chi connectivity index (χ2v) is 14.0. The fraction of sp³-hybridized carbons (Fsp3) is 0.159. The van der Waals surface area contributed by atoms with Crippen molar-refractivity contribution in [3.63, 3.8) is 0 Å². The monoisotopic (exact) mass is 684 g/mol. The van der Waals surface area contributed by atoms with E-state index >= 15 is 0 Å². The van der Waals surface area contributed by atoms with E-state index in [0.717, 1.165) is 47.3 Å². The molecule has 0 atom stereocenters. The van der Waals surface area contributed by atoms with Crippen molar-refractivity contribution in [3.05, 3.63) is 203 Å². The van der Waals surface area contributed by atoms with Crippen molar-refractivity contribution in [2.75, 3.05) is 0 Å².